The zero-order valence-electron chi connectivity index (χ0n) is 16.4. The Morgan fingerprint density at radius 3 is 2.76 bits per heavy atom. The van der Waals surface area contributed by atoms with E-state index in [1.54, 1.807) is 0 Å². The number of hydrogen-bond acceptors (Lipinski definition) is 3. The molecule has 0 aromatic carbocycles. The number of hydrogen-bond donors (Lipinski definition) is 2. The molecule has 1 aliphatic carbocycles. The number of rotatable bonds is 10. The predicted molar refractivity (Wildman–Crippen MR) is 104 cm³/mol. The summed E-state index contributed by atoms with van der Waals surface area (Å²) in [5, 5.41) is 6.92. The van der Waals surface area contributed by atoms with Gasteiger partial charge in [0.25, 0.3) is 0 Å². The van der Waals surface area contributed by atoms with Crippen molar-refractivity contribution in [1.82, 2.24) is 10.6 Å². The van der Waals surface area contributed by atoms with E-state index in [0.717, 1.165) is 57.7 Å². The van der Waals surface area contributed by atoms with Crippen LogP contribution in [0, 0.1) is 11.8 Å². The van der Waals surface area contributed by atoms with Crippen molar-refractivity contribution in [3.05, 3.63) is 0 Å². The standard InChI is InChI=1S/C20H39N3O2/c1-17(9-10-18-7-4-3-5-8-18)23-20(21-2)22-12-6-13-24-15-19-11-14-25-16-19/h17-19H,3-16H2,1-2H3,(H2,21,22,23). The highest BCUT2D eigenvalue weighted by molar-refractivity contribution is 5.79. The second-order valence-electron chi connectivity index (χ2n) is 7.78. The Morgan fingerprint density at radius 1 is 1.20 bits per heavy atom. The van der Waals surface area contributed by atoms with Crippen LogP contribution in [-0.4, -0.2) is 52.0 Å². The molecule has 25 heavy (non-hydrogen) atoms. The number of aliphatic imine (C=N–C) groups is 1. The quantitative estimate of drug-likeness (QED) is 0.359. The minimum absolute atomic E-state index is 0.478. The Balaban J connectivity index is 1.47. The lowest BCUT2D eigenvalue weighted by molar-refractivity contribution is 0.0888. The van der Waals surface area contributed by atoms with E-state index in [1.807, 2.05) is 7.05 Å². The Morgan fingerprint density at radius 2 is 2.04 bits per heavy atom. The van der Waals surface area contributed by atoms with Crippen LogP contribution in [0.2, 0.25) is 0 Å². The fourth-order valence-electron chi connectivity index (χ4n) is 3.81. The summed E-state index contributed by atoms with van der Waals surface area (Å²) in [5.74, 6) is 2.48. The van der Waals surface area contributed by atoms with Gasteiger partial charge >= 0.3 is 0 Å². The van der Waals surface area contributed by atoms with E-state index in [4.69, 9.17) is 9.47 Å². The van der Waals surface area contributed by atoms with Gasteiger partial charge in [0.05, 0.1) is 13.2 Å². The van der Waals surface area contributed by atoms with Crippen molar-refractivity contribution < 1.29 is 9.47 Å². The molecule has 5 heteroatoms. The minimum Gasteiger partial charge on any atom is -0.381 e. The molecule has 0 spiro atoms. The van der Waals surface area contributed by atoms with E-state index in [9.17, 15) is 0 Å². The van der Waals surface area contributed by atoms with Crippen LogP contribution in [0.5, 0.6) is 0 Å². The number of guanidine groups is 1. The average Bonchev–Trinajstić information content (AvgIpc) is 3.16. The average molecular weight is 354 g/mol. The summed E-state index contributed by atoms with van der Waals surface area (Å²) in [7, 11) is 1.85. The molecule has 2 N–H and O–H groups in total. The van der Waals surface area contributed by atoms with Gasteiger partial charge in [0.2, 0.25) is 0 Å². The predicted octanol–water partition coefficient (Wildman–Crippen LogP) is 3.34. The molecule has 1 saturated carbocycles. The smallest absolute Gasteiger partial charge is 0.191 e. The summed E-state index contributed by atoms with van der Waals surface area (Å²) in [5.41, 5.74) is 0. The molecule has 1 aliphatic heterocycles. The lowest BCUT2D eigenvalue weighted by Gasteiger charge is -2.24. The molecule has 1 saturated heterocycles. The molecule has 2 aliphatic rings. The maximum absolute atomic E-state index is 5.74. The highest BCUT2D eigenvalue weighted by Gasteiger charge is 2.16. The molecule has 2 rings (SSSR count). The third-order valence-corrected chi connectivity index (χ3v) is 5.47. The van der Waals surface area contributed by atoms with Gasteiger partial charge in [-0.25, -0.2) is 0 Å². The zero-order chi connectivity index (χ0) is 17.7. The van der Waals surface area contributed by atoms with Crippen molar-refractivity contribution in [3.63, 3.8) is 0 Å². The first kappa shape index (κ1) is 20.5. The van der Waals surface area contributed by atoms with Crippen LogP contribution in [0.1, 0.15) is 64.7 Å². The maximum atomic E-state index is 5.74. The molecule has 0 aromatic rings. The van der Waals surface area contributed by atoms with E-state index in [1.165, 1.54) is 44.9 Å². The molecular formula is C20H39N3O2. The van der Waals surface area contributed by atoms with Crippen LogP contribution in [0.3, 0.4) is 0 Å². The Labute approximate surface area is 154 Å². The number of nitrogens with zero attached hydrogens (tertiary/aromatic N) is 1. The lowest BCUT2D eigenvalue weighted by atomic mass is 9.85. The van der Waals surface area contributed by atoms with Crippen molar-refractivity contribution in [1.29, 1.82) is 0 Å². The summed E-state index contributed by atoms with van der Waals surface area (Å²) in [6.45, 7) is 6.58. The van der Waals surface area contributed by atoms with E-state index < -0.39 is 0 Å². The first-order valence-corrected chi connectivity index (χ1v) is 10.4. The number of ether oxygens (including phenoxy) is 2. The van der Waals surface area contributed by atoms with Gasteiger partial charge in [-0.05, 0) is 38.5 Å². The molecule has 0 bridgehead atoms. The lowest BCUT2D eigenvalue weighted by Crippen LogP contribution is -2.42. The van der Waals surface area contributed by atoms with Crippen molar-refractivity contribution in [2.75, 3.05) is 40.0 Å². The molecule has 0 aromatic heterocycles. The van der Waals surface area contributed by atoms with E-state index in [-0.39, 0.29) is 0 Å². The fourth-order valence-corrected chi connectivity index (χ4v) is 3.81. The molecule has 2 unspecified atom stereocenters. The van der Waals surface area contributed by atoms with Crippen LogP contribution >= 0.6 is 0 Å². The first-order chi connectivity index (χ1) is 12.3. The van der Waals surface area contributed by atoms with Crippen molar-refractivity contribution in [3.8, 4) is 0 Å². The van der Waals surface area contributed by atoms with Gasteiger partial charge in [0.15, 0.2) is 5.96 Å². The Kier molecular flexibility index (Phi) is 10.3. The second-order valence-corrected chi connectivity index (χ2v) is 7.78. The van der Waals surface area contributed by atoms with Crippen LogP contribution in [-0.2, 0) is 9.47 Å². The number of nitrogens with one attached hydrogen (secondary N) is 2. The molecule has 5 nitrogen and oxygen atoms in total. The molecule has 0 amide bonds. The normalized spacial score (nSPS) is 23.6. The third kappa shape index (κ3) is 8.91. The molecule has 1 heterocycles. The van der Waals surface area contributed by atoms with E-state index in [2.05, 4.69) is 22.5 Å². The highest BCUT2D eigenvalue weighted by atomic mass is 16.5. The minimum atomic E-state index is 0.478. The summed E-state index contributed by atoms with van der Waals surface area (Å²) in [6, 6.07) is 0.478. The Hall–Kier alpha value is -0.810. The Bertz CT molecular complexity index is 364. The van der Waals surface area contributed by atoms with Crippen LogP contribution in [0.4, 0.5) is 0 Å². The fraction of sp³-hybridized carbons (Fsp3) is 0.950. The van der Waals surface area contributed by atoms with E-state index in [0.29, 0.717) is 12.0 Å². The van der Waals surface area contributed by atoms with Crippen molar-refractivity contribution in [2.24, 2.45) is 16.8 Å². The van der Waals surface area contributed by atoms with Gasteiger partial charge in [-0.1, -0.05) is 32.1 Å². The van der Waals surface area contributed by atoms with E-state index >= 15 is 0 Å². The third-order valence-electron chi connectivity index (χ3n) is 5.47. The zero-order valence-corrected chi connectivity index (χ0v) is 16.4. The highest BCUT2D eigenvalue weighted by Crippen LogP contribution is 2.27. The van der Waals surface area contributed by atoms with Crippen LogP contribution in [0.15, 0.2) is 4.99 Å². The van der Waals surface area contributed by atoms with Gasteiger partial charge in [0, 0.05) is 38.8 Å². The van der Waals surface area contributed by atoms with Gasteiger partial charge in [-0.3, -0.25) is 4.99 Å². The van der Waals surface area contributed by atoms with Crippen molar-refractivity contribution >= 4 is 5.96 Å². The molecule has 2 atom stereocenters. The maximum Gasteiger partial charge on any atom is 0.191 e. The monoisotopic (exact) mass is 353 g/mol. The largest absolute Gasteiger partial charge is 0.381 e. The van der Waals surface area contributed by atoms with Crippen LogP contribution in [0.25, 0.3) is 0 Å². The molecule has 146 valence electrons. The van der Waals surface area contributed by atoms with Gasteiger partial charge < -0.3 is 20.1 Å². The summed E-state index contributed by atoms with van der Waals surface area (Å²) in [4.78, 5) is 4.34. The SMILES string of the molecule is CN=C(NCCCOCC1CCOC1)NC(C)CCC1CCCCC1. The summed E-state index contributed by atoms with van der Waals surface area (Å²) < 4.78 is 11.1. The van der Waals surface area contributed by atoms with Crippen molar-refractivity contribution in [2.45, 2.75) is 70.8 Å². The molecule has 0 radical (unpaired) electrons. The van der Waals surface area contributed by atoms with Crippen LogP contribution < -0.4 is 10.6 Å². The topological polar surface area (TPSA) is 54.9 Å². The van der Waals surface area contributed by atoms with Gasteiger partial charge in [-0.2, -0.15) is 0 Å². The van der Waals surface area contributed by atoms with Gasteiger partial charge in [0.1, 0.15) is 0 Å². The summed E-state index contributed by atoms with van der Waals surface area (Å²) in [6.07, 6.45) is 11.9. The van der Waals surface area contributed by atoms with Gasteiger partial charge in [-0.15, -0.1) is 0 Å². The molecule has 2 fully saturated rings. The second kappa shape index (κ2) is 12.5. The summed E-state index contributed by atoms with van der Waals surface area (Å²) >= 11 is 0. The first-order valence-electron chi connectivity index (χ1n) is 10.4. The molecular weight excluding hydrogens is 314 g/mol.